The lowest BCUT2D eigenvalue weighted by atomic mass is 9.95. The fourth-order valence-electron chi connectivity index (χ4n) is 5.25. The van der Waals surface area contributed by atoms with Crippen LogP contribution in [0, 0.1) is 13.8 Å². The SMILES string of the molecule is COc1ccc(Cl)cc1N(CC(=O)N(Cc1ccc(C)cc1)[C@H](C)C(=O)NC1CCCCC1)S(=O)(=O)c1ccc(C)cc1. The van der Waals surface area contributed by atoms with Crippen molar-refractivity contribution in [3.05, 3.63) is 88.4 Å². The van der Waals surface area contributed by atoms with Gasteiger partial charge in [0.05, 0.1) is 17.7 Å². The molecule has 1 N–H and O–H groups in total. The number of hydrogen-bond acceptors (Lipinski definition) is 5. The normalized spacial score (nSPS) is 14.5. The van der Waals surface area contributed by atoms with E-state index in [0.717, 1.165) is 53.1 Å². The first-order chi connectivity index (χ1) is 20.5. The van der Waals surface area contributed by atoms with E-state index in [1.165, 1.54) is 30.2 Å². The number of halogens is 1. The second-order valence-electron chi connectivity index (χ2n) is 11.2. The van der Waals surface area contributed by atoms with E-state index >= 15 is 0 Å². The zero-order valence-electron chi connectivity index (χ0n) is 25.2. The molecule has 1 aliphatic rings. The maximum absolute atomic E-state index is 14.2. The molecule has 2 amide bonds. The standard InChI is InChI=1S/C33H40ClN3O5S/c1-23-10-14-26(15-11-23)21-36(25(3)33(39)35-28-8-6-5-7-9-28)32(38)22-37(30-20-27(34)16-19-31(30)42-4)43(40,41)29-17-12-24(2)13-18-29/h10-20,25,28H,5-9,21-22H2,1-4H3,(H,35,39)/t25-/m1/s1. The van der Waals surface area contributed by atoms with Gasteiger partial charge in [0.2, 0.25) is 11.8 Å². The smallest absolute Gasteiger partial charge is 0.264 e. The molecule has 0 aliphatic heterocycles. The molecule has 3 aromatic carbocycles. The molecule has 230 valence electrons. The van der Waals surface area contributed by atoms with Crippen molar-refractivity contribution in [2.75, 3.05) is 18.0 Å². The lowest BCUT2D eigenvalue weighted by molar-refractivity contribution is -0.139. The van der Waals surface area contributed by atoms with Gasteiger partial charge in [0.15, 0.2) is 0 Å². The number of hydrogen-bond donors (Lipinski definition) is 1. The summed E-state index contributed by atoms with van der Waals surface area (Å²) in [7, 11) is -2.83. The predicted molar refractivity (Wildman–Crippen MR) is 170 cm³/mol. The largest absolute Gasteiger partial charge is 0.495 e. The van der Waals surface area contributed by atoms with Crippen LogP contribution in [0.25, 0.3) is 0 Å². The minimum Gasteiger partial charge on any atom is -0.495 e. The van der Waals surface area contributed by atoms with Gasteiger partial charge in [-0.05, 0) is 69.5 Å². The zero-order chi connectivity index (χ0) is 31.1. The molecule has 3 aromatic rings. The summed E-state index contributed by atoms with van der Waals surface area (Å²) in [6.45, 7) is 5.08. The first kappa shape index (κ1) is 32.4. The highest BCUT2D eigenvalue weighted by atomic mass is 35.5. The fourth-order valence-corrected chi connectivity index (χ4v) is 6.83. The van der Waals surface area contributed by atoms with E-state index in [1.54, 1.807) is 31.2 Å². The molecule has 1 saturated carbocycles. The van der Waals surface area contributed by atoms with Gasteiger partial charge in [-0.1, -0.05) is 78.4 Å². The number of aryl methyl sites for hydroxylation is 2. The van der Waals surface area contributed by atoms with Crippen LogP contribution in [0.4, 0.5) is 5.69 Å². The van der Waals surface area contributed by atoms with Crippen molar-refractivity contribution in [3.63, 3.8) is 0 Å². The zero-order valence-corrected chi connectivity index (χ0v) is 26.7. The van der Waals surface area contributed by atoms with Crippen molar-refractivity contribution in [3.8, 4) is 5.75 Å². The van der Waals surface area contributed by atoms with Crippen LogP contribution in [0.1, 0.15) is 55.7 Å². The first-order valence-corrected chi connectivity index (χ1v) is 16.4. The molecule has 4 rings (SSSR count). The molecule has 0 aromatic heterocycles. The molecule has 10 heteroatoms. The molecule has 43 heavy (non-hydrogen) atoms. The van der Waals surface area contributed by atoms with E-state index in [4.69, 9.17) is 16.3 Å². The van der Waals surface area contributed by atoms with Crippen molar-refractivity contribution >= 4 is 39.1 Å². The highest BCUT2D eigenvalue weighted by Gasteiger charge is 2.34. The Labute approximate surface area is 260 Å². The maximum atomic E-state index is 14.2. The summed E-state index contributed by atoms with van der Waals surface area (Å²) in [5, 5.41) is 3.40. The van der Waals surface area contributed by atoms with Gasteiger partial charge in [-0.25, -0.2) is 8.42 Å². The second kappa shape index (κ2) is 14.3. The third kappa shape index (κ3) is 8.09. The third-order valence-electron chi connectivity index (χ3n) is 7.89. The van der Waals surface area contributed by atoms with Gasteiger partial charge < -0.3 is 15.0 Å². The number of rotatable bonds is 11. The molecule has 0 saturated heterocycles. The minimum atomic E-state index is -4.25. The van der Waals surface area contributed by atoms with Crippen LogP contribution in [0.2, 0.25) is 5.02 Å². The van der Waals surface area contributed by atoms with E-state index in [2.05, 4.69) is 5.32 Å². The molecule has 0 bridgehead atoms. The number of ether oxygens (including phenoxy) is 1. The Morgan fingerprint density at radius 2 is 1.56 bits per heavy atom. The average molecular weight is 626 g/mol. The Kier molecular flexibility index (Phi) is 10.7. The second-order valence-corrected chi connectivity index (χ2v) is 13.5. The number of sulfonamides is 1. The van der Waals surface area contributed by atoms with E-state index in [1.807, 2.05) is 38.1 Å². The molecule has 0 heterocycles. The van der Waals surface area contributed by atoms with Crippen molar-refractivity contribution in [1.82, 2.24) is 10.2 Å². The molecular weight excluding hydrogens is 586 g/mol. The van der Waals surface area contributed by atoms with Crippen LogP contribution in [0.3, 0.4) is 0 Å². The average Bonchev–Trinajstić information content (AvgIpc) is 2.99. The van der Waals surface area contributed by atoms with Crippen LogP contribution in [-0.2, 0) is 26.2 Å². The molecule has 0 radical (unpaired) electrons. The Balaban J connectivity index is 1.72. The summed E-state index contributed by atoms with van der Waals surface area (Å²) >= 11 is 6.31. The van der Waals surface area contributed by atoms with E-state index in [-0.39, 0.29) is 39.8 Å². The summed E-state index contributed by atoms with van der Waals surface area (Å²) in [6, 6.07) is 17.9. The summed E-state index contributed by atoms with van der Waals surface area (Å²) < 4.78 is 34.8. The number of anilines is 1. The quantitative estimate of drug-likeness (QED) is 0.281. The van der Waals surface area contributed by atoms with E-state index in [9.17, 15) is 18.0 Å². The fraction of sp³-hybridized carbons (Fsp3) is 0.394. The Morgan fingerprint density at radius 3 is 2.16 bits per heavy atom. The van der Waals surface area contributed by atoms with Gasteiger partial charge in [0, 0.05) is 17.6 Å². The van der Waals surface area contributed by atoms with Crippen LogP contribution in [-0.4, -0.2) is 50.9 Å². The molecule has 0 spiro atoms. The summed E-state index contributed by atoms with van der Waals surface area (Å²) in [5.74, 6) is -0.564. The monoisotopic (exact) mass is 625 g/mol. The number of amides is 2. The number of carbonyl (C=O) groups is 2. The molecule has 1 atom stereocenters. The topological polar surface area (TPSA) is 96.0 Å². The lowest BCUT2D eigenvalue weighted by Crippen LogP contribution is -2.53. The van der Waals surface area contributed by atoms with Gasteiger partial charge in [-0.3, -0.25) is 13.9 Å². The van der Waals surface area contributed by atoms with Crippen molar-refractivity contribution < 1.29 is 22.7 Å². The van der Waals surface area contributed by atoms with Crippen LogP contribution < -0.4 is 14.4 Å². The minimum absolute atomic E-state index is 0.0149. The van der Waals surface area contributed by atoms with Crippen LogP contribution in [0.5, 0.6) is 5.75 Å². The van der Waals surface area contributed by atoms with Crippen molar-refractivity contribution in [2.45, 2.75) is 76.4 Å². The summed E-state index contributed by atoms with van der Waals surface area (Å²) in [5.41, 5.74) is 2.90. The Hall–Kier alpha value is -3.56. The highest BCUT2D eigenvalue weighted by Crippen LogP contribution is 2.35. The number of nitrogens with zero attached hydrogens (tertiary/aromatic N) is 2. The van der Waals surface area contributed by atoms with Crippen LogP contribution in [0.15, 0.2) is 71.6 Å². The van der Waals surface area contributed by atoms with E-state index in [0.29, 0.717) is 0 Å². The highest BCUT2D eigenvalue weighted by molar-refractivity contribution is 7.92. The molecular formula is C33H40ClN3O5S. The first-order valence-electron chi connectivity index (χ1n) is 14.6. The summed E-state index contributed by atoms with van der Waals surface area (Å²) in [4.78, 5) is 29.2. The van der Waals surface area contributed by atoms with E-state index < -0.39 is 28.5 Å². The lowest BCUT2D eigenvalue weighted by Gasteiger charge is -2.33. The van der Waals surface area contributed by atoms with Gasteiger partial charge in [-0.2, -0.15) is 0 Å². The Morgan fingerprint density at radius 1 is 0.953 bits per heavy atom. The Bertz CT molecular complexity index is 1520. The number of nitrogens with one attached hydrogen (secondary N) is 1. The summed E-state index contributed by atoms with van der Waals surface area (Å²) in [6.07, 6.45) is 5.07. The molecule has 1 aliphatic carbocycles. The molecule has 8 nitrogen and oxygen atoms in total. The molecule has 0 unspecified atom stereocenters. The maximum Gasteiger partial charge on any atom is 0.264 e. The van der Waals surface area contributed by atoms with Gasteiger partial charge in [0.1, 0.15) is 18.3 Å². The number of carbonyl (C=O) groups excluding carboxylic acids is 2. The number of methoxy groups -OCH3 is 1. The third-order valence-corrected chi connectivity index (χ3v) is 9.90. The number of benzene rings is 3. The van der Waals surface area contributed by atoms with Crippen LogP contribution >= 0.6 is 11.6 Å². The predicted octanol–water partition coefficient (Wildman–Crippen LogP) is 6.03. The van der Waals surface area contributed by atoms with Gasteiger partial charge in [-0.15, -0.1) is 0 Å². The van der Waals surface area contributed by atoms with Crippen molar-refractivity contribution in [2.24, 2.45) is 0 Å². The van der Waals surface area contributed by atoms with Crippen molar-refractivity contribution in [1.29, 1.82) is 0 Å². The van der Waals surface area contributed by atoms with Gasteiger partial charge >= 0.3 is 0 Å². The van der Waals surface area contributed by atoms with Gasteiger partial charge in [0.25, 0.3) is 10.0 Å². The molecule has 1 fully saturated rings.